The highest BCUT2D eigenvalue weighted by atomic mass is 16.5. The molecule has 0 saturated carbocycles. The van der Waals surface area contributed by atoms with E-state index in [2.05, 4.69) is 0 Å². The summed E-state index contributed by atoms with van der Waals surface area (Å²) in [6.07, 6.45) is 1.57. The molecule has 2 rings (SSSR count). The fraction of sp³-hybridized carbons (Fsp3) is 0.500. The van der Waals surface area contributed by atoms with Gasteiger partial charge >= 0.3 is 0 Å². The molecule has 0 aliphatic carbocycles. The fourth-order valence-electron chi connectivity index (χ4n) is 2.97. The van der Waals surface area contributed by atoms with Crippen molar-refractivity contribution in [2.24, 2.45) is 11.7 Å². The molecule has 136 valence electrons. The van der Waals surface area contributed by atoms with Crippen LogP contribution in [0.1, 0.15) is 33.6 Å². The Balaban J connectivity index is 2.01. The summed E-state index contributed by atoms with van der Waals surface area (Å²) in [5.41, 5.74) is 6.07. The van der Waals surface area contributed by atoms with Crippen LogP contribution >= 0.6 is 0 Å². The number of hydrogen-bond donors (Lipinski definition) is 1. The number of rotatable bonds is 6. The number of nitrogens with zero attached hydrogens (tertiary/aromatic N) is 2. The van der Waals surface area contributed by atoms with Gasteiger partial charge < -0.3 is 20.3 Å². The molecule has 25 heavy (non-hydrogen) atoms. The molecule has 1 fully saturated rings. The lowest BCUT2D eigenvalue weighted by Crippen LogP contribution is -2.46. The Morgan fingerprint density at radius 1 is 1.24 bits per heavy atom. The minimum atomic E-state index is -0.526. The summed E-state index contributed by atoms with van der Waals surface area (Å²) in [6.45, 7) is 2.06. The first-order chi connectivity index (χ1) is 11.9. The van der Waals surface area contributed by atoms with Crippen molar-refractivity contribution in [1.82, 2.24) is 9.80 Å². The Bertz CT molecular complexity index is 630. The number of ether oxygens (including phenoxy) is 1. The van der Waals surface area contributed by atoms with Crippen LogP contribution in [0.4, 0.5) is 0 Å². The van der Waals surface area contributed by atoms with Crippen LogP contribution in [0.3, 0.4) is 0 Å². The molecular weight excluding hydrogens is 322 g/mol. The van der Waals surface area contributed by atoms with Crippen molar-refractivity contribution >= 4 is 17.7 Å². The topological polar surface area (TPSA) is 92.9 Å². The zero-order valence-corrected chi connectivity index (χ0v) is 14.7. The second-order valence-electron chi connectivity index (χ2n) is 6.28. The van der Waals surface area contributed by atoms with E-state index in [1.165, 1.54) is 0 Å². The van der Waals surface area contributed by atoms with Gasteiger partial charge in [-0.05, 0) is 37.1 Å². The molecule has 2 N–H and O–H groups in total. The average Bonchev–Trinajstić information content (AvgIpc) is 2.65. The van der Waals surface area contributed by atoms with Crippen molar-refractivity contribution in [1.29, 1.82) is 0 Å². The summed E-state index contributed by atoms with van der Waals surface area (Å²) in [4.78, 5) is 39.6. The number of likely N-dealkylation sites (N-methyl/N-ethyl adjacent to an activating group) is 1. The molecule has 0 bridgehead atoms. The van der Waals surface area contributed by atoms with E-state index >= 15 is 0 Å². The first kappa shape index (κ1) is 18.9. The van der Waals surface area contributed by atoms with E-state index in [9.17, 15) is 14.4 Å². The number of carbonyl (C=O) groups excluding carboxylic acids is 3. The van der Waals surface area contributed by atoms with Crippen LogP contribution in [-0.4, -0.2) is 67.9 Å². The third kappa shape index (κ3) is 4.79. The molecular formula is C18H25N3O4. The zero-order valence-electron chi connectivity index (χ0n) is 14.7. The van der Waals surface area contributed by atoms with Gasteiger partial charge in [0.05, 0.1) is 12.5 Å². The van der Waals surface area contributed by atoms with Gasteiger partial charge in [0.2, 0.25) is 11.8 Å². The molecule has 1 unspecified atom stereocenters. The van der Waals surface area contributed by atoms with Gasteiger partial charge in [-0.2, -0.15) is 0 Å². The number of nitrogens with two attached hydrogens (primary N) is 1. The number of benzene rings is 1. The minimum absolute atomic E-state index is 0.0404. The SMILES string of the molecule is COCCN(C)C(=O)C1CCCN(C(=O)c2ccc(C(N)=O)cc2)C1. The summed E-state index contributed by atoms with van der Waals surface area (Å²) in [5, 5.41) is 0. The van der Waals surface area contributed by atoms with E-state index in [-0.39, 0.29) is 17.7 Å². The number of hydrogen-bond acceptors (Lipinski definition) is 4. The van der Waals surface area contributed by atoms with Gasteiger partial charge in [-0.25, -0.2) is 0 Å². The van der Waals surface area contributed by atoms with Crippen molar-refractivity contribution in [2.45, 2.75) is 12.8 Å². The molecule has 7 heteroatoms. The summed E-state index contributed by atoms with van der Waals surface area (Å²) in [5.74, 6) is -0.808. The third-order valence-electron chi connectivity index (χ3n) is 4.48. The number of likely N-dealkylation sites (tertiary alicyclic amines) is 1. The number of carbonyl (C=O) groups is 3. The van der Waals surface area contributed by atoms with E-state index in [1.54, 1.807) is 48.2 Å². The number of methoxy groups -OCH3 is 1. The van der Waals surface area contributed by atoms with Crippen molar-refractivity contribution in [2.75, 3.05) is 40.4 Å². The van der Waals surface area contributed by atoms with Crippen LogP contribution in [0, 0.1) is 5.92 Å². The summed E-state index contributed by atoms with van der Waals surface area (Å²) in [6, 6.07) is 6.28. The van der Waals surface area contributed by atoms with Crippen molar-refractivity contribution in [3.63, 3.8) is 0 Å². The van der Waals surface area contributed by atoms with Gasteiger partial charge in [0.15, 0.2) is 0 Å². The standard InChI is InChI=1S/C18H25N3O4/c1-20(10-11-25-2)17(23)15-4-3-9-21(12-15)18(24)14-7-5-13(6-8-14)16(19)22/h5-8,15H,3-4,9-12H2,1-2H3,(H2,19,22). The van der Waals surface area contributed by atoms with Crippen LogP contribution in [0.2, 0.25) is 0 Å². The van der Waals surface area contributed by atoms with E-state index < -0.39 is 5.91 Å². The maximum atomic E-state index is 12.7. The lowest BCUT2D eigenvalue weighted by Gasteiger charge is -2.34. The molecule has 1 atom stereocenters. The van der Waals surface area contributed by atoms with Crippen LogP contribution in [0.25, 0.3) is 0 Å². The second kappa shape index (κ2) is 8.62. The third-order valence-corrected chi connectivity index (χ3v) is 4.48. The molecule has 0 radical (unpaired) electrons. The van der Waals surface area contributed by atoms with E-state index in [0.29, 0.717) is 37.4 Å². The quantitative estimate of drug-likeness (QED) is 0.821. The Hall–Kier alpha value is -2.41. The summed E-state index contributed by atoms with van der Waals surface area (Å²) < 4.78 is 5.00. The van der Waals surface area contributed by atoms with Gasteiger partial charge in [-0.3, -0.25) is 14.4 Å². The molecule has 1 aliphatic rings. The minimum Gasteiger partial charge on any atom is -0.383 e. The highest BCUT2D eigenvalue weighted by molar-refractivity contribution is 5.97. The number of piperidine rings is 1. The largest absolute Gasteiger partial charge is 0.383 e. The Kier molecular flexibility index (Phi) is 6.52. The first-order valence-corrected chi connectivity index (χ1v) is 8.37. The van der Waals surface area contributed by atoms with Crippen LogP contribution in [-0.2, 0) is 9.53 Å². The first-order valence-electron chi connectivity index (χ1n) is 8.37. The highest BCUT2D eigenvalue weighted by Gasteiger charge is 2.30. The summed E-state index contributed by atoms with van der Waals surface area (Å²) >= 11 is 0. The molecule has 1 aromatic rings. The molecule has 7 nitrogen and oxygen atoms in total. The number of primary amides is 1. The molecule has 1 aromatic carbocycles. The normalized spacial score (nSPS) is 17.2. The van der Waals surface area contributed by atoms with E-state index in [4.69, 9.17) is 10.5 Å². The fourth-order valence-corrected chi connectivity index (χ4v) is 2.97. The predicted octanol–water partition coefficient (Wildman–Crippen LogP) is 0.743. The van der Waals surface area contributed by atoms with Gasteiger partial charge in [0.1, 0.15) is 0 Å². The molecule has 1 saturated heterocycles. The van der Waals surface area contributed by atoms with E-state index in [0.717, 1.165) is 12.8 Å². The second-order valence-corrected chi connectivity index (χ2v) is 6.28. The predicted molar refractivity (Wildman–Crippen MR) is 93.1 cm³/mol. The Labute approximate surface area is 147 Å². The van der Waals surface area contributed by atoms with Crippen LogP contribution in [0.15, 0.2) is 24.3 Å². The van der Waals surface area contributed by atoms with Gasteiger partial charge in [-0.15, -0.1) is 0 Å². The monoisotopic (exact) mass is 347 g/mol. The molecule has 0 spiro atoms. The van der Waals surface area contributed by atoms with Crippen LogP contribution in [0.5, 0.6) is 0 Å². The molecule has 3 amide bonds. The zero-order chi connectivity index (χ0) is 18.4. The van der Waals surface area contributed by atoms with Gasteiger partial charge in [0, 0.05) is 44.9 Å². The Morgan fingerprint density at radius 2 is 1.88 bits per heavy atom. The van der Waals surface area contributed by atoms with Crippen molar-refractivity contribution in [3.05, 3.63) is 35.4 Å². The molecule has 0 aromatic heterocycles. The van der Waals surface area contributed by atoms with Crippen molar-refractivity contribution in [3.8, 4) is 0 Å². The lowest BCUT2D eigenvalue weighted by molar-refractivity contribution is -0.136. The van der Waals surface area contributed by atoms with Crippen LogP contribution < -0.4 is 5.73 Å². The number of amides is 3. The average molecular weight is 347 g/mol. The molecule has 1 aliphatic heterocycles. The summed E-state index contributed by atoms with van der Waals surface area (Å²) in [7, 11) is 3.35. The van der Waals surface area contributed by atoms with Gasteiger partial charge in [-0.1, -0.05) is 0 Å². The maximum absolute atomic E-state index is 12.7. The van der Waals surface area contributed by atoms with Gasteiger partial charge in [0.25, 0.3) is 5.91 Å². The van der Waals surface area contributed by atoms with Crippen molar-refractivity contribution < 1.29 is 19.1 Å². The maximum Gasteiger partial charge on any atom is 0.253 e. The highest BCUT2D eigenvalue weighted by Crippen LogP contribution is 2.20. The smallest absolute Gasteiger partial charge is 0.253 e. The molecule has 1 heterocycles. The Morgan fingerprint density at radius 3 is 2.48 bits per heavy atom. The van der Waals surface area contributed by atoms with E-state index in [1.807, 2.05) is 0 Å². The lowest BCUT2D eigenvalue weighted by atomic mass is 9.96.